The summed E-state index contributed by atoms with van der Waals surface area (Å²) >= 11 is 7.23. The summed E-state index contributed by atoms with van der Waals surface area (Å²) in [6.07, 6.45) is 14.6. The minimum absolute atomic E-state index is 1.17. The van der Waals surface area contributed by atoms with E-state index in [1.165, 1.54) is 45.1 Å². The van der Waals surface area contributed by atoms with Crippen molar-refractivity contribution in [2.75, 3.05) is 0 Å². The van der Waals surface area contributed by atoms with Gasteiger partial charge in [-0.3, -0.25) is 0 Å². The van der Waals surface area contributed by atoms with Crippen LogP contribution in [0.3, 0.4) is 0 Å². The predicted molar refractivity (Wildman–Crippen MR) is 97.4 cm³/mol. The SMILES string of the molecule is CCCCCCCCn1cc[n+](C)c1.[Cl][In-]([Br])([Br])[Br]. The molecular formula is C12H23Br3ClInN2. The molecule has 0 aromatic carbocycles. The van der Waals surface area contributed by atoms with Crippen LogP contribution in [0.4, 0.5) is 0 Å². The van der Waals surface area contributed by atoms with Crippen LogP contribution < -0.4 is 4.57 Å². The van der Waals surface area contributed by atoms with Crippen LogP contribution in [0.15, 0.2) is 18.7 Å². The number of aryl methyl sites for hydroxylation is 2. The summed E-state index contributed by atoms with van der Waals surface area (Å²) in [6.45, 7) is 3.44. The first-order valence-electron chi connectivity index (χ1n) is 6.71. The normalized spacial score (nSPS) is 11.1. The fourth-order valence-corrected chi connectivity index (χ4v) is 1.71. The Labute approximate surface area is 142 Å². The van der Waals surface area contributed by atoms with Crippen molar-refractivity contribution in [3.8, 4) is 0 Å². The number of rotatable bonds is 7. The van der Waals surface area contributed by atoms with Crippen LogP contribution >= 0.6 is 45.5 Å². The van der Waals surface area contributed by atoms with Crippen LogP contribution in [0.2, 0.25) is 0 Å². The summed E-state index contributed by atoms with van der Waals surface area (Å²) in [5.74, 6) is 0. The molecule has 1 heterocycles. The first kappa shape index (κ1) is 20.8. The molecule has 0 saturated heterocycles. The van der Waals surface area contributed by atoms with E-state index in [0.717, 1.165) is 0 Å². The van der Waals surface area contributed by atoms with Crippen LogP contribution in [-0.2, 0) is 13.6 Å². The molecule has 0 amide bonds. The van der Waals surface area contributed by atoms with Crippen LogP contribution in [0.5, 0.6) is 0 Å². The molecule has 0 bridgehead atoms. The van der Waals surface area contributed by atoms with Crippen molar-refractivity contribution in [3.63, 3.8) is 0 Å². The van der Waals surface area contributed by atoms with Gasteiger partial charge in [-0.15, -0.1) is 0 Å². The third kappa shape index (κ3) is 17.8. The molecule has 0 spiro atoms. The third-order valence-electron chi connectivity index (χ3n) is 2.59. The van der Waals surface area contributed by atoms with Crippen LogP contribution in [0.25, 0.3) is 0 Å². The summed E-state index contributed by atoms with van der Waals surface area (Å²) in [4.78, 5) is 0. The molecule has 0 N–H and O–H groups in total. The molecule has 1 aromatic rings. The average Bonchev–Trinajstić information content (AvgIpc) is 2.67. The first-order valence-corrected chi connectivity index (χ1v) is 33.0. The minimum atomic E-state index is -2.35. The third-order valence-corrected chi connectivity index (χ3v) is 2.59. The summed E-state index contributed by atoms with van der Waals surface area (Å²) < 4.78 is 4.36. The topological polar surface area (TPSA) is 8.81 Å². The number of imidazole rings is 1. The second kappa shape index (κ2) is 12.4. The number of aromatic nitrogens is 2. The Morgan fingerprint density at radius 2 is 1.63 bits per heavy atom. The Morgan fingerprint density at radius 1 is 1.11 bits per heavy atom. The van der Waals surface area contributed by atoms with Gasteiger partial charge in [0.25, 0.3) is 0 Å². The Hall–Kier alpha value is 1.81. The summed E-state index contributed by atoms with van der Waals surface area (Å²) in [7, 11) is 7.57. The second-order valence-electron chi connectivity index (χ2n) is 4.58. The van der Waals surface area contributed by atoms with E-state index >= 15 is 0 Å². The monoisotopic (exact) mass is 582 g/mol. The van der Waals surface area contributed by atoms with Crippen molar-refractivity contribution >= 4 is 57.3 Å². The number of halogens is 4. The summed E-state index contributed by atoms with van der Waals surface area (Å²) in [5, 5.41) is 0. The van der Waals surface area contributed by atoms with Gasteiger partial charge >= 0.3 is 57.3 Å². The number of unbranched alkanes of at least 4 members (excludes halogenated alkanes) is 5. The van der Waals surface area contributed by atoms with Gasteiger partial charge in [0.05, 0.1) is 13.6 Å². The Balaban J connectivity index is 0.000000555. The van der Waals surface area contributed by atoms with Crippen molar-refractivity contribution in [1.82, 2.24) is 4.57 Å². The van der Waals surface area contributed by atoms with Crippen molar-refractivity contribution < 1.29 is 4.57 Å². The molecule has 2 nitrogen and oxygen atoms in total. The average molecular weight is 585 g/mol. The fraction of sp³-hybridized carbons (Fsp3) is 0.750. The van der Waals surface area contributed by atoms with E-state index in [0.29, 0.717) is 0 Å². The molecule has 0 aliphatic heterocycles. The molecule has 7 heteroatoms. The van der Waals surface area contributed by atoms with E-state index in [4.69, 9.17) is 8.58 Å². The van der Waals surface area contributed by atoms with Gasteiger partial charge in [0.1, 0.15) is 12.4 Å². The van der Waals surface area contributed by atoms with Gasteiger partial charge in [-0.05, 0) is 12.8 Å². The van der Waals surface area contributed by atoms with Gasteiger partial charge in [-0.25, -0.2) is 9.13 Å². The van der Waals surface area contributed by atoms with Gasteiger partial charge < -0.3 is 0 Å². The molecule has 0 saturated carbocycles. The summed E-state index contributed by atoms with van der Waals surface area (Å²) in [5.41, 5.74) is 0. The van der Waals surface area contributed by atoms with E-state index in [2.05, 4.69) is 78.7 Å². The van der Waals surface area contributed by atoms with Crippen LogP contribution in [-0.4, -0.2) is 16.4 Å². The van der Waals surface area contributed by atoms with Crippen molar-refractivity contribution in [1.29, 1.82) is 0 Å². The molecule has 112 valence electrons. The fourth-order valence-electron chi connectivity index (χ4n) is 1.71. The van der Waals surface area contributed by atoms with Gasteiger partial charge in [-0.2, -0.15) is 0 Å². The zero-order chi connectivity index (χ0) is 14.7. The van der Waals surface area contributed by atoms with E-state index in [1.807, 2.05) is 0 Å². The quantitative estimate of drug-likeness (QED) is 0.295. The van der Waals surface area contributed by atoms with Crippen molar-refractivity contribution in [3.05, 3.63) is 18.7 Å². The molecule has 0 aliphatic rings. The number of hydrogen-bond acceptors (Lipinski definition) is 0. The zero-order valence-corrected chi connectivity index (χ0v) is 20.5. The van der Waals surface area contributed by atoms with Gasteiger partial charge in [0.15, 0.2) is 0 Å². The van der Waals surface area contributed by atoms with E-state index in [1.54, 1.807) is 0 Å². The van der Waals surface area contributed by atoms with Crippen LogP contribution in [0, 0.1) is 0 Å². The Morgan fingerprint density at radius 3 is 2.11 bits per heavy atom. The molecule has 0 unspecified atom stereocenters. The molecule has 1 rings (SSSR count). The maximum atomic E-state index is 5.50. The molecular weight excluding hydrogens is 562 g/mol. The Kier molecular flexibility index (Phi) is 13.5. The standard InChI is InChI=1S/C12H23N2.3BrH.ClH.In/c1-3-4-5-6-7-8-9-14-11-10-13(2)12-14;;;;;/h10-12H,3-9H2,1-2H3;4*1H;/q+1;;;;;+3/p-4. The van der Waals surface area contributed by atoms with E-state index < -0.39 is 11.8 Å². The van der Waals surface area contributed by atoms with E-state index in [9.17, 15) is 0 Å². The van der Waals surface area contributed by atoms with Crippen molar-refractivity contribution in [2.45, 2.75) is 52.0 Å². The molecule has 0 aliphatic carbocycles. The Bertz CT molecular complexity index is 323. The molecule has 1 aromatic heterocycles. The van der Waals surface area contributed by atoms with E-state index in [-0.39, 0.29) is 0 Å². The van der Waals surface area contributed by atoms with Gasteiger partial charge in [0.2, 0.25) is 6.33 Å². The number of nitrogens with zero attached hydrogens (tertiary/aromatic N) is 2. The maximum absolute atomic E-state index is 5.50. The first-order chi connectivity index (χ1) is 8.83. The predicted octanol–water partition coefficient (Wildman–Crippen LogP) is 5.52. The molecule has 0 fully saturated rings. The summed E-state index contributed by atoms with van der Waals surface area (Å²) in [6, 6.07) is 0. The molecule has 0 radical (unpaired) electrons. The van der Waals surface area contributed by atoms with Gasteiger partial charge in [0, 0.05) is 0 Å². The molecule has 19 heavy (non-hydrogen) atoms. The van der Waals surface area contributed by atoms with Crippen molar-refractivity contribution in [2.24, 2.45) is 7.05 Å². The second-order valence-corrected chi connectivity index (χ2v) is 74.8. The van der Waals surface area contributed by atoms with Gasteiger partial charge in [-0.1, -0.05) is 32.6 Å². The number of hydrogen-bond donors (Lipinski definition) is 0. The zero-order valence-electron chi connectivity index (χ0n) is 11.7. The van der Waals surface area contributed by atoms with Crippen LogP contribution in [0.1, 0.15) is 45.4 Å². The molecule has 0 atom stereocenters.